The normalized spacial score (nSPS) is 14.1. The quantitative estimate of drug-likeness (QED) is 0.154. The summed E-state index contributed by atoms with van der Waals surface area (Å²) in [7, 11) is 0. The van der Waals surface area contributed by atoms with Crippen LogP contribution in [0.2, 0.25) is 0 Å². The molecule has 0 radical (unpaired) electrons. The lowest BCUT2D eigenvalue weighted by molar-refractivity contribution is 0.589. The molecule has 3 nitrogen and oxygen atoms in total. The molecule has 0 amide bonds. The fourth-order valence-electron chi connectivity index (χ4n) is 14.9. The van der Waals surface area contributed by atoms with Gasteiger partial charge in [0.15, 0.2) is 0 Å². The van der Waals surface area contributed by atoms with Crippen molar-refractivity contribution in [1.29, 1.82) is 0 Å². The number of nitrogens with zero attached hydrogens (tertiary/aromatic N) is 3. The van der Waals surface area contributed by atoms with Crippen LogP contribution in [-0.4, -0.2) is 11.3 Å². The highest BCUT2D eigenvalue weighted by molar-refractivity contribution is 7.00. The van der Waals surface area contributed by atoms with Crippen LogP contribution in [0.3, 0.4) is 0 Å². The first-order chi connectivity index (χ1) is 40.9. The second kappa shape index (κ2) is 18.9. The zero-order valence-electron chi connectivity index (χ0n) is 50.9. The average molecular weight is 1100 g/mol. The fourth-order valence-corrected chi connectivity index (χ4v) is 14.9. The minimum Gasteiger partial charge on any atom is -0.311 e. The summed E-state index contributed by atoms with van der Waals surface area (Å²) >= 11 is 0. The molecule has 4 heteroatoms. The third-order valence-corrected chi connectivity index (χ3v) is 19.1. The fraction of sp³-hybridized carbons (Fsp3) is 0.185. The van der Waals surface area contributed by atoms with Crippen LogP contribution in [-0.2, 0) is 21.7 Å². The van der Waals surface area contributed by atoms with Crippen LogP contribution in [0.25, 0.3) is 49.7 Å². The van der Waals surface area contributed by atoms with Crippen molar-refractivity contribution in [3.05, 3.63) is 287 Å². The van der Waals surface area contributed by atoms with Gasteiger partial charge in [0.1, 0.15) is 0 Å². The maximum absolute atomic E-state index is 2.68. The Labute approximate surface area is 503 Å². The van der Waals surface area contributed by atoms with Gasteiger partial charge in [-0.05, 0) is 179 Å². The third-order valence-electron chi connectivity index (χ3n) is 19.1. The first kappa shape index (κ1) is 52.7. The number of hydrogen-bond donors (Lipinski definition) is 0. The molecule has 3 heterocycles. The molecule has 15 rings (SSSR count). The van der Waals surface area contributed by atoms with Crippen molar-refractivity contribution in [1.82, 2.24) is 4.57 Å². The van der Waals surface area contributed by atoms with Gasteiger partial charge in [-0.3, -0.25) is 0 Å². The standard InChI is InChI=1S/C81H72BN3/c1-51-43-58(79(6,7)8)44-52(2)77(51)85-73-50-71-65(64-32-22-24-34-70(64)83(71)60-29-19-14-20-30-60)49-69(73)82-68-42-38-57(78(3,4)5)46-72(68)84(74-47-59(80(9,10)11)48-75(85)76(74)82)61-39-35-53(36-40-61)54-37-41-63-62-31-21-23-33-66(62)81(67(63)45-54,55-25-15-12-16-26-55)56-27-17-13-18-28-56/h12-50H,1-11H3. The predicted octanol–water partition coefficient (Wildman–Crippen LogP) is 19.4. The van der Waals surface area contributed by atoms with Gasteiger partial charge in [-0.15, -0.1) is 0 Å². The van der Waals surface area contributed by atoms with E-state index in [1.54, 1.807) is 0 Å². The van der Waals surface area contributed by atoms with E-state index in [0.717, 1.165) is 11.4 Å². The van der Waals surface area contributed by atoms with E-state index in [0.29, 0.717) is 0 Å². The molecule has 0 spiro atoms. The molecule has 0 atom stereocenters. The van der Waals surface area contributed by atoms with E-state index in [9.17, 15) is 0 Å². The number of para-hydroxylation sites is 2. The van der Waals surface area contributed by atoms with Gasteiger partial charge in [0.05, 0.1) is 22.1 Å². The molecule has 1 aromatic heterocycles. The van der Waals surface area contributed by atoms with Crippen molar-refractivity contribution in [2.24, 2.45) is 0 Å². The smallest absolute Gasteiger partial charge is 0.252 e. The molecule has 0 N–H and O–H groups in total. The summed E-state index contributed by atoms with van der Waals surface area (Å²) in [5, 5.41) is 2.52. The number of rotatable bonds is 6. The lowest BCUT2D eigenvalue weighted by atomic mass is 9.33. The van der Waals surface area contributed by atoms with Crippen LogP contribution < -0.4 is 26.2 Å². The summed E-state index contributed by atoms with van der Waals surface area (Å²) in [5.74, 6) is 0. The van der Waals surface area contributed by atoms with Crippen LogP contribution in [0.5, 0.6) is 0 Å². The second-order valence-electron chi connectivity index (χ2n) is 27.5. The Hall–Kier alpha value is -9.12. The number of anilines is 6. The Morgan fingerprint density at radius 2 is 0.882 bits per heavy atom. The maximum atomic E-state index is 2.68. The Bertz CT molecular complexity index is 4600. The SMILES string of the molecule is Cc1cc(C(C)(C)C)cc(C)c1N1c2cc3c(cc2B2c4ccc(C(C)(C)C)cc4N(c4ccc(-c5ccc6c(c5)C(c5ccccc5)(c5ccccc5)c5ccccc5-6)cc4)c4cc(C(C)(C)C)cc1c42)c1ccccc1n3-c1ccccc1. The molecule has 2 aliphatic heterocycles. The zero-order chi connectivity index (χ0) is 58.5. The number of aryl methyl sites for hydroxylation is 2. The minimum absolute atomic E-state index is 0.0139. The Morgan fingerprint density at radius 1 is 0.353 bits per heavy atom. The van der Waals surface area contributed by atoms with Gasteiger partial charge >= 0.3 is 0 Å². The predicted molar refractivity (Wildman–Crippen MR) is 363 cm³/mol. The first-order valence-corrected chi connectivity index (χ1v) is 30.5. The molecule has 12 aromatic rings. The van der Waals surface area contributed by atoms with E-state index < -0.39 is 5.41 Å². The lowest BCUT2D eigenvalue weighted by Crippen LogP contribution is -2.61. The molecule has 0 fully saturated rings. The first-order valence-electron chi connectivity index (χ1n) is 30.5. The van der Waals surface area contributed by atoms with E-state index in [-0.39, 0.29) is 23.0 Å². The molecule has 1 aliphatic carbocycles. The summed E-state index contributed by atoms with van der Waals surface area (Å²) in [5.41, 5.74) is 30.7. The van der Waals surface area contributed by atoms with E-state index in [2.05, 4.69) is 327 Å². The molecule has 0 unspecified atom stereocenters. The molecule has 0 saturated heterocycles. The summed E-state index contributed by atoms with van der Waals surface area (Å²) < 4.78 is 2.48. The van der Waals surface area contributed by atoms with Gasteiger partial charge in [0, 0.05) is 44.9 Å². The van der Waals surface area contributed by atoms with Crippen molar-refractivity contribution in [3.63, 3.8) is 0 Å². The molecule has 3 aliphatic rings. The number of aromatic nitrogens is 1. The molecule has 0 bridgehead atoms. The minimum atomic E-state index is -0.483. The third kappa shape index (κ3) is 8.01. The number of hydrogen-bond acceptors (Lipinski definition) is 2. The van der Waals surface area contributed by atoms with E-state index >= 15 is 0 Å². The van der Waals surface area contributed by atoms with E-state index in [4.69, 9.17) is 0 Å². The summed E-state index contributed by atoms with van der Waals surface area (Å²) in [6.07, 6.45) is 0. The van der Waals surface area contributed by atoms with Crippen LogP contribution >= 0.6 is 0 Å². The van der Waals surface area contributed by atoms with Crippen molar-refractivity contribution in [2.75, 3.05) is 9.80 Å². The Morgan fingerprint density at radius 3 is 1.53 bits per heavy atom. The lowest BCUT2D eigenvalue weighted by Gasteiger charge is -2.46. The van der Waals surface area contributed by atoms with E-state index in [1.807, 2.05) is 0 Å². The van der Waals surface area contributed by atoms with Gasteiger partial charge in [-0.1, -0.05) is 238 Å². The van der Waals surface area contributed by atoms with Gasteiger partial charge < -0.3 is 14.4 Å². The summed E-state index contributed by atoms with van der Waals surface area (Å²) in [6, 6.07) is 90.5. The number of fused-ring (bicyclic) bond motifs is 10. The molecular formula is C81H72BN3. The largest absolute Gasteiger partial charge is 0.311 e. The Kier molecular flexibility index (Phi) is 11.7. The van der Waals surface area contributed by atoms with Gasteiger partial charge in [-0.2, -0.15) is 0 Å². The molecule has 0 saturated carbocycles. The van der Waals surface area contributed by atoms with Crippen LogP contribution in [0, 0.1) is 13.8 Å². The highest BCUT2D eigenvalue weighted by atomic mass is 15.2. The second-order valence-corrected chi connectivity index (χ2v) is 27.5. The van der Waals surface area contributed by atoms with Crippen molar-refractivity contribution < 1.29 is 0 Å². The van der Waals surface area contributed by atoms with Crippen LogP contribution in [0.1, 0.15) is 112 Å². The van der Waals surface area contributed by atoms with Crippen molar-refractivity contribution in [2.45, 2.75) is 97.8 Å². The molecule has 85 heavy (non-hydrogen) atoms. The molecular weight excluding hydrogens is 1030 g/mol. The van der Waals surface area contributed by atoms with Crippen molar-refractivity contribution in [3.8, 4) is 27.9 Å². The highest BCUT2D eigenvalue weighted by Crippen LogP contribution is 2.57. The topological polar surface area (TPSA) is 11.4 Å². The van der Waals surface area contributed by atoms with Crippen molar-refractivity contribution >= 4 is 79.0 Å². The molecule has 414 valence electrons. The summed E-state index contributed by atoms with van der Waals surface area (Å²) in [4.78, 5) is 5.30. The monoisotopic (exact) mass is 1100 g/mol. The highest BCUT2D eigenvalue weighted by Gasteiger charge is 2.48. The summed E-state index contributed by atoms with van der Waals surface area (Å²) in [6.45, 7) is 25.8. The number of benzene rings is 11. The van der Waals surface area contributed by atoms with Gasteiger partial charge in [0.25, 0.3) is 6.71 Å². The van der Waals surface area contributed by atoms with Crippen LogP contribution in [0.15, 0.2) is 237 Å². The van der Waals surface area contributed by atoms with Gasteiger partial charge in [0.2, 0.25) is 0 Å². The van der Waals surface area contributed by atoms with E-state index in [1.165, 1.54) is 139 Å². The maximum Gasteiger partial charge on any atom is 0.252 e. The molecule has 11 aromatic carbocycles. The van der Waals surface area contributed by atoms with Gasteiger partial charge in [-0.25, -0.2) is 0 Å². The Balaban J connectivity index is 0.979. The average Bonchev–Trinajstić information content (AvgIpc) is 1.68. The van der Waals surface area contributed by atoms with Crippen LogP contribution in [0.4, 0.5) is 34.1 Å². The zero-order valence-corrected chi connectivity index (χ0v) is 50.9.